The van der Waals surface area contributed by atoms with Gasteiger partial charge in [-0.15, -0.1) is 0 Å². The van der Waals surface area contributed by atoms with E-state index in [4.69, 9.17) is 4.74 Å². The summed E-state index contributed by atoms with van der Waals surface area (Å²) in [5, 5.41) is 2.67. The number of ether oxygens (including phenoxy) is 1. The molecule has 3 amide bonds. The van der Waals surface area contributed by atoms with E-state index in [0.717, 1.165) is 26.7 Å². The molecule has 4 aromatic rings. The number of hydrogen-bond acceptors (Lipinski definition) is 5. The van der Waals surface area contributed by atoms with Crippen LogP contribution in [0, 0.1) is 11.8 Å². The molecule has 4 aliphatic rings. The van der Waals surface area contributed by atoms with E-state index in [9.17, 15) is 19.2 Å². The topological polar surface area (TPSA) is 92.8 Å². The van der Waals surface area contributed by atoms with E-state index in [0.29, 0.717) is 11.4 Å². The number of benzene rings is 4. The Bertz CT molecular complexity index is 1640. The van der Waals surface area contributed by atoms with Gasteiger partial charge in [0.2, 0.25) is 11.8 Å². The van der Waals surface area contributed by atoms with Crippen LogP contribution in [0.2, 0.25) is 0 Å². The number of amides is 3. The largest absolute Gasteiger partial charge is 0.452 e. The smallest absolute Gasteiger partial charge is 0.338 e. The van der Waals surface area contributed by atoms with Gasteiger partial charge in [0, 0.05) is 22.0 Å². The molecule has 2 bridgehead atoms. The molecule has 202 valence electrons. The van der Waals surface area contributed by atoms with Crippen molar-refractivity contribution in [2.24, 2.45) is 11.8 Å². The van der Waals surface area contributed by atoms with Gasteiger partial charge in [0.15, 0.2) is 6.61 Å². The van der Waals surface area contributed by atoms with Gasteiger partial charge in [0.1, 0.15) is 0 Å². The first kappa shape index (κ1) is 25.4. The molecule has 0 aromatic heterocycles. The second kappa shape index (κ2) is 9.82. The zero-order chi connectivity index (χ0) is 28.2. The Morgan fingerprint density at radius 2 is 1.27 bits per heavy atom. The highest BCUT2D eigenvalue weighted by Gasteiger charge is 2.61. The van der Waals surface area contributed by atoms with Gasteiger partial charge >= 0.3 is 5.97 Å². The van der Waals surface area contributed by atoms with Crippen LogP contribution in [0.15, 0.2) is 102 Å². The lowest BCUT2D eigenvalue weighted by atomic mass is 9.55. The summed E-state index contributed by atoms with van der Waals surface area (Å²) in [6.07, 6.45) is 0. The van der Waals surface area contributed by atoms with E-state index >= 15 is 0 Å². The Kier molecular flexibility index (Phi) is 6.08. The molecule has 0 saturated carbocycles. The summed E-state index contributed by atoms with van der Waals surface area (Å²) >= 11 is 3.34. The van der Waals surface area contributed by atoms with Gasteiger partial charge in [-0.3, -0.25) is 14.4 Å². The first-order valence-corrected chi connectivity index (χ1v) is 14.1. The quantitative estimate of drug-likeness (QED) is 0.234. The molecule has 1 saturated heterocycles. The van der Waals surface area contributed by atoms with E-state index in [1.807, 2.05) is 24.3 Å². The fourth-order valence-corrected chi connectivity index (χ4v) is 6.91. The van der Waals surface area contributed by atoms with E-state index in [-0.39, 0.29) is 29.2 Å². The van der Waals surface area contributed by atoms with Crippen LogP contribution in [0.3, 0.4) is 0 Å². The number of carbonyl (C=O) groups is 4. The van der Waals surface area contributed by atoms with Crippen LogP contribution in [-0.4, -0.2) is 30.3 Å². The first-order valence-electron chi connectivity index (χ1n) is 13.3. The van der Waals surface area contributed by atoms with Crippen LogP contribution in [0.5, 0.6) is 0 Å². The lowest BCUT2D eigenvalue weighted by Gasteiger charge is -2.45. The van der Waals surface area contributed by atoms with Crippen molar-refractivity contribution in [3.63, 3.8) is 0 Å². The molecule has 0 spiro atoms. The molecular formula is C33H23BrN2O5. The van der Waals surface area contributed by atoms with Crippen molar-refractivity contribution in [3.05, 3.63) is 129 Å². The lowest BCUT2D eigenvalue weighted by molar-refractivity contribution is -0.122. The summed E-state index contributed by atoms with van der Waals surface area (Å²) in [5.41, 5.74) is 5.42. The van der Waals surface area contributed by atoms with E-state index < -0.39 is 30.3 Å². The minimum absolute atomic E-state index is 0.143. The minimum Gasteiger partial charge on any atom is -0.452 e. The first-order chi connectivity index (χ1) is 19.9. The Morgan fingerprint density at radius 3 is 1.80 bits per heavy atom. The molecule has 3 aliphatic carbocycles. The highest BCUT2D eigenvalue weighted by molar-refractivity contribution is 9.10. The van der Waals surface area contributed by atoms with E-state index in [2.05, 4.69) is 45.5 Å². The normalized spacial score (nSPS) is 21.6. The van der Waals surface area contributed by atoms with Crippen molar-refractivity contribution in [1.82, 2.24) is 0 Å². The Labute approximate surface area is 244 Å². The van der Waals surface area contributed by atoms with Crippen molar-refractivity contribution < 1.29 is 23.9 Å². The molecule has 1 aliphatic heterocycles. The minimum atomic E-state index is -0.728. The fourth-order valence-electron chi connectivity index (χ4n) is 6.65. The molecule has 1 fully saturated rings. The number of carbonyl (C=O) groups excluding carboxylic acids is 4. The predicted molar refractivity (Wildman–Crippen MR) is 156 cm³/mol. The molecule has 0 unspecified atom stereocenters. The maximum absolute atomic E-state index is 14.0. The summed E-state index contributed by atoms with van der Waals surface area (Å²) in [4.78, 5) is 54.3. The fraction of sp³-hybridized carbons (Fsp3) is 0.152. The zero-order valence-electron chi connectivity index (χ0n) is 21.6. The molecule has 1 heterocycles. The second-order valence-electron chi connectivity index (χ2n) is 10.5. The summed E-state index contributed by atoms with van der Waals surface area (Å²) in [7, 11) is 0. The Balaban J connectivity index is 1.13. The van der Waals surface area contributed by atoms with Crippen molar-refractivity contribution in [3.8, 4) is 0 Å². The zero-order valence-corrected chi connectivity index (χ0v) is 23.2. The number of halogens is 1. The van der Waals surface area contributed by atoms with Gasteiger partial charge in [0.05, 0.1) is 23.1 Å². The molecular weight excluding hydrogens is 584 g/mol. The van der Waals surface area contributed by atoms with Crippen LogP contribution in [0.1, 0.15) is 44.4 Å². The van der Waals surface area contributed by atoms with Gasteiger partial charge in [-0.05, 0) is 64.7 Å². The van der Waals surface area contributed by atoms with Crippen molar-refractivity contribution in [1.29, 1.82) is 0 Å². The summed E-state index contributed by atoms with van der Waals surface area (Å²) in [6.45, 7) is -0.481. The van der Waals surface area contributed by atoms with E-state index in [1.165, 1.54) is 17.0 Å². The number of nitrogens with one attached hydrogen (secondary N) is 1. The molecule has 41 heavy (non-hydrogen) atoms. The van der Waals surface area contributed by atoms with Gasteiger partial charge in [-0.25, -0.2) is 9.69 Å². The van der Waals surface area contributed by atoms with Gasteiger partial charge in [-0.2, -0.15) is 0 Å². The maximum Gasteiger partial charge on any atom is 0.338 e. The standard InChI is InChI=1S/C33H23BrN2O5/c34-19-12-14-20(15-13-19)35-26(37)17-41-33(40)18-6-5-7-21(16-18)36-31(38)29-27-22-8-1-2-9-23(22)28(30(29)32(36)39)25-11-4-3-10-24(25)27/h1-16,27-30H,17H2,(H,35,37)/t27?,28?,29-,30-/m1/s1. The van der Waals surface area contributed by atoms with Crippen LogP contribution in [-0.2, 0) is 19.1 Å². The predicted octanol–water partition coefficient (Wildman–Crippen LogP) is 5.64. The van der Waals surface area contributed by atoms with Gasteiger partial charge in [0.25, 0.3) is 5.91 Å². The monoisotopic (exact) mass is 606 g/mol. The third-order valence-electron chi connectivity index (χ3n) is 8.25. The van der Waals surface area contributed by atoms with Crippen molar-refractivity contribution >= 4 is 51.0 Å². The number of hydrogen-bond donors (Lipinski definition) is 1. The van der Waals surface area contributed by atoms with Crippen molar-refractivity contribution in [2.75, 3.05) is 16.8 Å². The molecule has 0 radical (unpaired) electrons. The number of rotatable bonds is 5. The average Bonchev–Trinajstić information content (AvgIpc) is 3.27. The van der Waals surface area contributed by atoms with Crippen LogP contribution < -0.4 is 10.2 Å². The molecule has 1 N–H and O–H groups in total. The summed E-state index contributed by atoms with van der Waals surface area (Å²) in [6, 6.07) is 29.4. The van der Waals surface area contributed by atoms with Gasteiger partial charge in [-0.1, -0.05) is 70.5 Å². The number of imide groups is 1. The highest BCUT2D eigenvalue weighted by atomic mass is 79.9. The Hall–Kier alpha value is -4.56. The number of nitrogens with zero attached hydrogens (tertiary/aromatic N) is 1. The second-order valence-corrected chi connectivity index (χ2v) is 11.4. The third kappa shape index (κ3) is 4.09. The summed E-state index contributed by atoms with van der Waals surface area (Å²) < 4.78 is 6.10. The SMILES string of the molecule is O=C(COC(=O)c1cccc(N2C(=O)[C@@H]3C4c5ccccc5C(c5ccccc54)[C@H]3C2=O)c1)Nc1ccc(Br)cc1. The summed E-state index contributed by atoms with van der Waals surface area (Å²) in [5.74, 6) is -3.20. The Morgan fingerprint density at radius 1 is 0.732 bits per heavy atom. The maximum atomic E-state index is 14.0. The van der Waals surface area contributed by atoms with E-state index in [1.54, 1.807) is 36.4 Å². The van der Waals surface area contributed by atoms with Crippen LogP contribution in [0.4, 0.5) is 11.4 Å². The lowest BCUT2D eigenvalue weighted by Crippen LogP contribution is -2.41. The van der Waals surface area contributed by atoms with Gasteiger partial charge < -0.3 is 10.1 Å². The molecule has 2 atom stereocenters. The third-order valence-corrected chi connectivity index (χ3v) is 8.78. The number of anilines is 2. The van der Waals surface area contributed by atoms with Crippen LogP contribution in [0.25, 0.3) is 0 Å². The highest BCUT2D eigenvalue weighted by Crippen LogP contribution is 2.61. The molecule has 8 rings (SSSR count). The number of esters is 1. The average molecular weight is 607 g/mol. The van der Waals surface area contributed by atoms with Crippen LogP contribution >= 0.6 is 15.9 Å². The van der Waals surface area contributed by atoms with Crippen molar-refractivity contribution in [2.45, 2.75) is 11.8 Å². The molecule has 4 aromatic carbocycles. The molecule has 7 nitrogen and oxygen atoms in total. The molecule has 8 heteroatoms.